The second-order valence-corrected chi connectivity index (χ2v) is 6.53. The van der Waals surface area contributed by atoms with Gasteiger partial charge < -0.3 is 10.6 Å². The summed E-state index contributed by atoms with van der Waals surface area (Å²) in [4.78, 5) is 4.93. The van der Waals surface area contributed by atoms with Crippen LogP contribution in [0.4, 0.5) is 0 Å². The van der Waals surface area contributed by atoms with E-state index in [9.17, 15) is 0 Å². The third-order valence-corrected chi connectivity index (χ3v) is 4.51. The van der Waals surface area contributed by atoms with E-state index in [1.54, 1.807) is 0 Å². The largest absolute Gasteiger partial charge is 0.323 e. The van der Waals surface area contributed by atoms with Crippen LogP contribution in [0.15, 0.2) is 12.1 Å². The van der Waals surface area contributed by atoms with E-state index in [4.69, 9.17) is 5.73 Å². The molecule has 1 aliphatic heterocycles. The van der Waals surface area contributed by atoms with Crippen molar-refractivity contribution in [2.24, 2.45) is 5.73 Å². The van der Waals surface area contributed by atoms with Gasteiger partial charge in [-0.1, -0.05) is 17.7 Å². The van der Waals surface area contributed by atoms with Crippen molar-refractivity contribution < 1.29 is 0 Å². The van der Waals surface area contributed by atoms with Gasteiger partial charge in [-0.3, -0.25) is 4.90 Å². The molecular weight excluding hydrogens is 246 g/mol. The Morgan fingerprint density at radius 2 is 1.80 bits per heavy atom. The van der Waals surface area contributed by atoms with Crippen molar-refractivity contribution in [1.29, 1.82) is 0 Å². The first-order valence-corrected chi connectivity index (χ1v) is 7.64. The summed E-state index contributed by atoms with van der Waals surface area (Å²) in [6.07, 6.45) is 0. The Balaban J connectivity index is 2.10. The molecule has 1 aromatic carbocycles. The molecule has 0 aromatic heterocycles. The number of nitrogens with zero attached hydrogens (tertiary/aromatic N) is 2. The van der Waals surface area contributed by atoms with Gasteiger partial charge >= 0.3 is 0 Å². The minimum atomic E-state index is 0.112. The van der Waals surface area contributed by atoms with E-state index in [1.807, 2.05) is 0 Å². The Morgan fingerprint density at radius 3 is 2.35 bits per heavy atom. The van der Waals surface area contributed by atoms with Crippen LogP contribution < -0.4 is 5.73 Å². The van der Waals surface area contributed by atoms with E-state index < -0.39 is 0 Å². The molecule has 2 unspecified atom stereocenters. The SMILES string of the molecule is Cc1cc(C)c(C(N)CN2CCN(C)CC2C)c(C)c1. The molecule has 3 nitrogen and oxygen atoms in total. The number of piperazine rings is 1. The van der Waals surface area contributed by atoms with Crippen molar-refractivity contribution in [3.63, 3.8) is 0 Å². The summed E-state index contributed by atoms with van der Waals surface area (Å²) in [5.74, 6) is 0. The van der Waals surface area contributed by atoms with Gasteiger partial charge in [-0.05, 0) is 51.4 Å². The summed E-state index contributed by atoms with van der Waals surface area (Å²) in [6.45, 7) is 13.2. The number of aryl methyl sites for hydroxylation is 3. The summed E-state index contributed by atoms with van der Waals surface area (Å²) < 4.78 is 0. The molecule has 2 atom stereocenters. The summed E-state index contributed by atoms with van der Waals surface area (Å²) in [6, 6.07) is 5.19. The quantitative estimate of drug-likeness (QED) is 0.918. The minimum absolute atomic E-state index is 0.112. The molecule has 1 fully saturated rings. The second-order valence-electron chi connectivity index (χ2n) is 6.53. The number of hydrogen-bond acceptors (Lipinski definition) is 3. The maximum atomic E-state index is 6.52. The van der Waals surface area contributed by atoms with Crippen LogP contribution in [-0.2, 0) is 0 Å². The van der Waals surface area contributed by atoms with Gasteiger partial charge in [0.1, 0.15) is 0 Å². The van der Waals surface area contributed by atoms with Crippen molar-refractivity contribution in [3.05, 3.63) is 34.4 Å². The van der Waals surface area contributed by atoms with Crippen LogP contribution in [-0.4, -0.2) is 49.1 Å². The number of hydrogen-bond donors (Lipinski definition) is 1. The Kier molecular flexibility index (Phi) is 4.84. The van der Waals surface area contributed by atoms with Crippen LogP contribution in [0.1, 0.15) is 35.2 Å². The molecule has 20 heavy (non-hydrogen) atoms. The van der Waals surface area contributed by atoms with E-state index in [0.717, 1.165) is 26.2 Å². The van der Waals surface area contributed by atoms with Crippen LogP contribution in [0.2, 0.25) is 0 Å². The Morgan fingerprint density at radius 1 is 1.20 bits per heavy atom. The second kappa shape index (κ2) is 6.25. The van der Waals surface area contributed by atoms with E-state index in [0.29, 0.717) is 6.04 Å². The minimum Gasteiger partial charge on any atom is -0.323 e. The molecule has 2 rings (SSSR count). The highest BCUT2D eigenvalue weighted by Gasteiger charge is 2.24. The zero-order valence-electron chi connectivity index (χ0n) is 13.6. The lowest BCUT2D eigenvalue weighted by atomic mass is 9.94. The monoisotopic (exact) mass is 275 g/mol. The van der Waals surface area contributed by atoms with Crippen LogP contribution in [0.5, 0.6) is 0 Å². The summed E-state index contributed by atoms with van der Waals surface area (Å²) in [5.41, 5.74) is 11.8. The van der Waals surface area contributed by atoms with Crippen molar-refractivity contribution in [3.8, 4) is 0 Å². The van der Waals surface area contributed by atoms with Gasteiger partial charge in [-0.25, -0.2) is 0 Å². The van der Waals surface area contributed by atoms with Crippen molar-refractivity contribution in [2.45, 2.75) is 39.8 Å². The number of nitrogens with two attached hydrogens (primary N) is 1. The van der Waals surface area contributed by atoms with Crippen LogP contribution in [0, 0.1) is 20.8 Å². The molecule has 0 saturated carbocycles. The maximum Gasteiger partial charge on any atom is 0.0429 e. The Hall–Kier alpha value is -0.900. The van der Waals surface area contributed by atoms with Gasteiger partial charge in [0.05, 0.1) is 0 Å². The first-order valence-electron chi connectivity index (χ1n) is 7.64. The normalized spacial score (nSPS) is 23.0. The molecule has 2 N–H and O–H groups in total. The molecule has 0 radical (unpaired) electrons. The fourth-order valence-corrected chi connectivity index (χ4v) is 3.57. The van der Waals surface area contributed by atoms with E-state index in [1.165, 1.54) is 22.3 Å². The molecule has 0 aliphatic carbocycles. The van der Waals surface area contributed by atoms with Crippen LogP contribution >= 0.6 is 0 Å². The van der Waals surface area contributed by atoms with E-state index >= 15 is 0 Å². The van der Waals surface area contributed by atoms with E-state index in [-0.39, 0.29) is 6.04 Å². The predicted octanol–water partition coefficient (Wildman–Crippen LogP) is 2.25. The highest BCUT2D eigenvalue weighted by atomic mass is 15.3. The number of rotatable bonds is 3. The van der Waals surface area contributed by atoms with Gasteiger partial charge in [0.15, 0.2) is 0 Å². The van der Waals surface area contributed by atoms with Crippen LogP contribution in [0.3, 0.4) is 0 Å². The predicted molar refractivity (Wildman–Crippen MR) is 86.1 cm³/mol. The summed E-state index contributed by atoms with van der Waals surface area (Å²) >= 11 is 0. The lowest BCUT2D eigenvalue weighted by molar-refractivity contribution is 0.0944. The molecule has 1 heterocycles. The van der Waals surface area contributed by atoms with Gasteiger partial charge in [0.2, 0.25) is 0 Å². The molecule has 0 amide bonds. The van der Waals surface area contributed by atoms with Gasteiger partial charge in [-0.15, -0.1) is 0 Å². The molecule has 0 spiro atoms. The van der Waals surface area contributed by atoms with Crippen molar-refractivity contribution in [1.82, 2.24) is 9.80 Å². The molecule has 3 heteroatoms. The van der Waals surface area contributed by atoms with Crippen LogP contribution in [0.25, 0.3) is 0 Å². The number of likely N-dealkylation sites (N-methyl/N-ethyl adjacent to an activating group) is 1. The first-order chi connectivity index (χ1) is 9.38. The smallest absolute Gasteiger partial charge is 0.0429 e. The van der Waals surface area contributed by atoms with Gasteiger partial charge in [0.25, 0.3) is 0 Å². The third kappa shape index (κ3) is 3.40. The fraction of sp³-hybridized carbons (Fsp3) is 0.647. The summed E-state index contributed by atoms with van der Waals surface area (Å²) in [7, 11) is 2.20. The lowest BCUT2D eigenvalue weighted by Crippen LogP contribution is -2.52. The summed E-state index contributed by atoms with van der Waals surface area (Å²) in [5, 5.41) is 0. The van der Waals surface area contributed by atoms with Gasteiger partial charge in [0, 0.05) is 38.3 Å². The topological polar surface area (TPSA) is 32.5 Å². The van der Waals surface area contributed by atoms with E-state index in [2.05, 4.69) is 56.7 Å². The molecule has 1 aromatic rings. The number of benzene rings is 1. The maximum absolute atomic E-state index is 6.52. The zero-order chi connectivity index (χ0) is 14.9. The van der Waals surface area contributed by atoms with Crippen molar-refractivity contribution in [2.75, 3.05) is 33.2 Å². The molecule has 1 aliphatic rings. The molecule has 1 saturated heterocycles. The zero-order valence-corrected chi connectivity index (χ0v) is 13.6. The average molecular weight is 275 g/mol. The molecule has 0 bridgehead atoms. The van der Waals surface area contributed by atoms with Gasteiger partial charge in [-0.2, -0.15) is 0 Å². The Bertz CT molecular complexity index is 446. The Labute approximate surface area is 123 Å². The third-order valence-electron chi connectivity index (χ3n) is 4.51. The fourth-order valence-electron chi connectivity index (χ4n) is 3.57. The molecular formula is C17H29N3. The first kappa shape index (κ1) is 15.5. The highest BCUT2D eigenvalue weighted by molar-refractivity contribution is 5.39. The lowest BCUT2D eigenvalue weighted by Gasteiger charge is -2.39. The average Bonchev–Trinajstić information content (AvgIpc) is 2.31. The molecule has 112 valence electrons. The standard InChI is InChI=1S/C17H29N3/c1-12-8-13(2)17(14(3)9-12)16(18)11-20-7-6-19(5)10-15(20)4/h8-9,15-16H,6-7,10-11,18H2,1-5H3. The van der Waals surface area contributed by atoms with Crippen molar-refractivity contribution >= 4 is 0 Å². The highest BCUT2D eigenvalue weighted by Crippen LogP contribution is 2.24.